The van der Waals surface area contributed by atoms with E-state index in [2.05, 4.69) is 11.0 Å². The van der Waals surface area contributed by atoms with Gasteiger partial charge < -0.3 is 9.80 Å². The minimum atomic E-state index is -0.411. The van der Waals surface area contributed by atoms with Crippen molar-refractivity contribution in [2.24, 2.45) is 0 Å². The van der Waals surface area contributed by atoms with Gasteiger partial charge in [0.1, 0.15) is 0 Å². The molecule has 0 aliphatic carbocycles. The summed E-state index contributed by atoms with van der Waals surface area (Å²) in [6, 6.07) is 15.1. The van der Waals surface area contributed by atoms with E-state index in [9.17, 15) is 9.59 Å². The number of hydrogen-bond acceptors (Lipinski definition) is 3. The summed E-state index contributed by atoms with van der Waals surface area (Å²) in [5, 5.41) is 0.741. The van der Waals surface area contributed by atoms with Crippen LogP contribution < -0.4 is 14.7 Å². The third-order valence-corrected chi connectivity index (χ3v) is 5.14. The van der Waals surface area contributed by atoms with Gasteiger partial charge in [0, 0.05) is 10.7 Å². The molecule has 0 aromatic heterocycles. The van der Waals surface area contributed by atoms with Crippen LogP contribution in [0.1, 0.15) is 10.4 Å². The smallest absolute Gasteiger partial charge is 0.303 e. The van der Waals surface area contributed by atoms with Crippen LogP contribution in [0, 0.1) is 0 Å². The normalized spacial score (nSPS) is 18.0. The number of carbonyl (C=O) groups is 2. The van der Waals surface area contributed by atoms with Crippen LogP contribution in [0.3, 0.4) is 0 Å². The summed E-state index contributed by atoms with van der Waals surface area (Å²) in [5.41, 5.74) is 2.39. The maximum absolute atomic E-state index is 12.3. The number of quaternary nitrogens is 1. The highest BCUT2D eigenvalue weighted by Crippen LogP contribution is 2.27. The molecule has 2 aromatic rings. The molecule has 2 aromatic carbocycles. The molecular weight excluding hydrogens is 338 g/mol. The fourth-order valence-corrected chi connectivity index (χ4v) is 3.73. The first kappa shape index (κ1) is 16.1. The summed E-state index contributed by atoms with van der Waals surface area (Å²) in [6.45, 7) is 4.14. The number of anilines is 2. The van der Waals surface area contributed by atoms with Crippen molar-refractivity contribution in [1.29, 1.82) is 0 Å². The van der Waals surface area contributed by atoms with E-state index in [1.54, 1.807) is 17.0 Å². The number of nitrogens with zero attached hydrogens (tertiary/aromatic N) is 2. The van der Waals surface area contributed by atoms with E-state index in [0.717, 1.165) is 42.6 Å². The van der Waals surface area contributed by atoms with Crippen molar-refractivity contribution >= 4 is 34.7 Å². The molecule has 2 aliphatic rings. The van der Waals surface area contributed by atoms with Gasteiger partial charge in [0.2, 0.25) is 0 Å². The minimum Gasteiger partial charge on any atom is -0.360 e. The number of amides is 1. The van der Waals surface area contributed by atoms with Crippen LogP contribution in [-0.2, 0) is 4.79 Å². The monoisotopic (exact) mass is 356 g/mol. The van der Waals surface area contributed by atoms with Gasteiger partial charge in [-0.3, -0.25) is 14.5 Å². The Kier molecular flexibility index (Phi) is 4.19. The molecule has 0 radical (unpaired) electrons. The van der Waals surface area contributed by atoms with Gasteiger partial charge in [0.25, 0.3) is 5.78 Å². The largest absolute Gasteiger partial charge is 0.360 e. The number of para-hydroxylation sites is 1. The molecule has 0 saturated carbocycles. The Bertz CT molecular complexity index is 831. The predicted octanol–water partition coefficient (Wildman–Crippen LogP) is 1.23. The van der Waals surface area contributed by atoms with Crippen molar-refractivity contribution in [3.05, 3.63) is 59.1 Å². The van der Waals surface area contributed by atoms with Gasteiger partial charge in [-0.25, -0.2) is 0 Å². The van der Waals surface area contributed by atoms with E-state index < -0.39 is 11.7 Å². The molecule has 4 rings (SSSR count). The second-order valence-electron chi connectivity index (χ2n) is 6.45. The van der Waals surface area contributed by atoms with Gasteiger partial charge in [0.15, 0.2) is 6.67 Å². The zero-order valence-corrected chi connectivity index (χ0v) is 14.5. The predicted molar refractivity (Wildman–Crippen MR) is 97.5 cm³/mol. The number of nitrogens with one attached hydrogen (secondary N) is 1. The van der Waals surface area contributed by atoms with Gasteiger partial charge in [-0.05, 0) is 30.3 Å². The third-order valence-electron chi connectivity index (χ3n) is 4.90. The van der Waals surface area contributed by atoms with Crippen LogP contribution in [0.25, 0.3) is 0 Å². The average molecular weight is 357 g/mol. The number of ketones is 1. The average Bonchev–Trinajstić information content (AvgIpc) is 2.88. The Morgan fingerprint density at radius 3 is 2.52 bits per heavy atom. The van der Waals surface area contributed by atoms with Crippen molar-refractivity contribution in [3.63, 3.8) is 0 Å². The summed E-state index contributed by atoms with van der Waals surface area (Å²) in [5.74, 6) is -0.807. The van der Waals surface area contributed by atoms with Crippen LogP contribution in [0.2, 0.25) is 5.02 Å². The van der Waals surface area contributed by atoms with Crippen LogP contribution in [0.5, 0.6) is 0 Å². The Morgan fingerprint density at radius 1 is 1.00 bits per heavy atom. The fraction of sp³-hybridized carbons (Fsp3) is 0.263. The molecule has 1 N–H and O–H groups in total. The molecule has 1 amide bonds. The fourth-order valence-electron chi connectivity index (χ4n) is 3.54. The molecule has 1 fully saturated rings. The molecule has 2 aliphatic heterocycles. The number of carbonyl (C=O) groups excluding carboxylic acids is 2. The number of piperazine rings is 1. The zero-order valence-electron chi connectivity index (χ0n) is 13.7. The highest BCUT2D eigenvalue weighted by Gasteiger charge is 2.38. The zero-order chi connectivity index (χ0) is 17.4. The lowest BCUT2D eigenvalue weighted by Gasteiger charge is -2.35. The van der Waals surface area contributed by atoms with Crippen molar-refractivity contribution in [2.45, 2.75) is 0 Å². The topological polar surface area (TPSA) is 45.1 Å². The van der Waals surface area contributed by atoms with Crippen LogP contribution in [0.4, 0.5) is 11.4 Å². The lowest BCUT2D eigenvalue weighted by atomic mass is 10.1. The summed E-state index contributed by atoms with van der Waals surface area (Å²) >= 11 is 6.08. The summed E-state index contributed by atoms with van der Waals surface area (Å²) in [4.78, 5) is 29.6. The van der Waals surface area contributed by atoms with E-state index >= 15 is 0 Å². The standard InChI is InChI=1S/C19H18ClN3O2/c20-14-4-3-5-15(12-14)22-10-8-21(9-11-22)13-23-17-7-2-1-6-16(17)18(24)19(23)25/h1-7,12H,8-11,13H2/p+1. The second-order valence-corrected chi connectivity index (χ2v) is 6.89. The number of Topliss-reactive ketones (excluding diaryl/α,β-unsaturated/α-hetero) is 1. The first-order chi connectivity index (χ1) is 12.1. The molecular formula is C19H19ClN3O2+. The Balaban J connectivity index is 1.42. The van der Waals surface area contributed by atoms with Gasteiger partial charge in [-0.15, -0.1) is 0 Å². The third kappa shape index (κ3) is 3.01. The van der Waals surface area contributed by atoms with Gasteiger partial charge in [0.05, 0.1) is 37.4 Å². The molecule has 0 spiro atoms. The van der Waals surface area contributed by atoms with E-state index in [1.807, 2.05) is 30.3 Å². The van der Waals surface area contributed by atoms with E-state index in [4.69, 9.17) is 11.6 Å². The van der Waals surface area contributed by atoms with E-state index in [-0.39, 0.29) is 0 Å². The van der Waals surface area contributed by atoms with E-state index in [1.165, 1.54) is 4.90 Å². The number of fused-ring (bicyclic) bond motifs is 1. The molecule has 0 unspecified atom stereocenters. The minimum absolute atomic E-state index is 0.396. The van der Waals surface area contributed by atoms with Crippen molar-refractivity contribution in [1.82, 2.24) is 0 Å². The summed E-state index contributed by atoms with van der Waals surface area (Å²) in [7, 11) is 0. The van der Waals surface area contributed by atoms with Gasteiger partial charge in [-0.1, -0.05) is 29.8 Å². The molecule has 25 heavy (non-hydrogen) atoms. The molecule has 1 saturated heterocycles. The number of benzene rings is 2. The Morgan fingerprint density at radius 2 is 1.76 bits per heavy atom. The van der Waals surface area contributed by atoms with Crippen LogP contribution in [-0.4, -0.2) is 44.5 Å². The molecule has 6 heteroatoms. The molecule has 5 nitrogen and oxygen atoms in total. The number of rotatable bonds is 3. The molecule has 2 heterocycles. The first-order valence-corrected chi connectivity index (χ1v) is 8.80. The number of hydrogen-bond donors (Lipinski definition) is 1. The quantitative estimate of drug-likeness (QED) is 0.841. The lowest BCUT2D eigenvalue weighted by molar-refractivity contribution is -0.899. The van der Waals surface area contributed by atoms with Crippen LogP contribution in [0.15, 0.2) is 48.5 Å². The Labute approximate surface area is 151 Å². The second kappa shape index (κ2) is 6.50. The van der Waals surface area contributed by atoms with Gasteiger partial charge >= 0.3 is 5.91 Å². The summed E-state index contributed by atoms with van der Waals surface area (Å²) < 4.78 is 0. The summed E-state index contributed by atoms with van der Waals surface area (Å²) in [6.07, 6.45) is 0. The Hall–Kier alpha value is -2.37. The lowest BCUT2D eigenvalue weighted by Crippen LogP contribution is -3.16. The molecule has 0 bridgehead atoms. The number of halogens is 1. The van der Waals surface area contributed by atoms with Gasteiger partial charge in [-0.2, -0.15) is 0 Å². The highest BCUT2D eigenvalue weighted by molar-refractivity contribution is 6.52. The van der Waals surface area contributed by atoms with Crippen molar-refractivity contribution in [3.8, 4) is 0 Å². The highest BCUT2D eigenvalue weighted by atomic mass is 35.5. The van der Waals surface area contributed by atoms with E-state index in [0.29, 0.717) is 12.2 Å². The SMILES string of the molecule is O=C1C(=O)N(C[NH+]2CCN(c3cccc(Cl)c3)CC2)c2ccccc21. The maximum atomic E-state index is 12.3. The molecule has 0 atom stereocenters. The van der Waals surface area contributed by atoms with Crippen molar-refractivity contribution < 1.29 is 14.5 Å². The molecule has 128 valence electrons. The first-order valence-electron chi connectivity index (χ1n) is 8.43. The maximum Gasteiger partial charge on any atom is 0.303 e. The van der Waals surface area contributed by atoms with Crippen molar-refractivity contribution in [2.75, 3.05) is 42.6 Å². The van der Waals surface area contributed by atoms with Crippen LogP contribution >= 0.6 is 11.6 Å².